The molecule has 5 nitrogen and oxygen atoms in total. The Balaban J connectivity index is -0.000000209. The number of nitroso groups, excluding NO2 is 1. The van der Waals surface area contributed by atoms with Crippen LogP contribution in [0.15, 0.2) is 30.3 Å². The van der Waals surface area contributed by atoms with Crippen LogP contribution < -0.4 is 4.74 Å². The number of carbonyl (C=O) groups excluding carboxylic acids is 1. The lowest BCUT2D eigenvalue weighted by Gasteiger charge is -1.92. The van der Waals surface area contributed by atoms with Crippen LogP contribution in [0.5, 0.6) is 5.75 Å². The van der Waals surface area contributed by atoms with Crippen LogP contribution in [0.1, 0.15) is 0 Å². The van der Waals surface area contributed by atoms with Gasteiger partial charge in [0.05, 0.1) is 12.5 Å². The van der Waals surface area contributed by atoms with Gasteiger partial charge < -0.3 is 9.29 Å². The largest absolute Gasteiger partial charge is 0.617 e. The molecule has 0 heterocycles. The van der Waals surface area contributed by atoms with Gasteiger partial charge in [0.25, 0.3) is 6.47 Å². The molecule has 92 valence electrons. The van der Waals surface area contributed by atoms with Crippen LogP contribution in [0.2, 0.25) is 0 Å². The van der Waals surface area contributed by atoms with E-state index < -0.39 is 11.2 Å². The second-order valence-corrected chi connectivity index (χ2v) is 3.75. The fourth-order valence-corrected chi connectivity index (χ4v) is 0.555. The Kier molecular flexibility index (Phi) is 20.7. The Morgan fingerprint density at radius 1 is 1.25 bits per heavy atom. The van der Waals surface area contributed by atoms with Crippen molar-refractivity contribution in [2.75, 3.05) is 12.5 Å². The summed E-state index contributed by atoms with van der Waals surface area (Å²) >= 11 is -0.611. The summed E-state index contributed by atoms with van der Waals surface area (Å²) in [6.07, 6.45) is 3.28. The summed E-state index contributed by atoms with van der Waals surface area (Å²) in [4.78, 5) is 17.3. The van der Waals surface area contributed by atoms with E-state index in [9.17, 15) is 9.35 Å². The van der Waals surface area contributed by atoms with Crippen LogP contribution in [-0.2, 0) is 16.0 Å². The summed E-state index contributed by atoms with van der Waals surface area (Å²) in [5.41, 5.74) is 4.50. The van der Waals surface area contributed by atoms with Gasteiger partial charge in [0, 0.05) is 0 Å². The zero-order chi connectivity index (χ0) is 12.1. The molecule has 0 aliphatic heterocycles. The third-order valence-electron chi connectivity index (χ3n) is 0.927. The topological polar surface area (TPSA) is 90.3 Å². The summed E-state index contributed by atoms with van der Waals surface area (Å²) in [6.45, 7) is 0.412. The van der Waals surface area contributed by atoms with Gasteiger partial charge >= 0.3 is 0 Å². The molecular weight excluding hydrogens is 254 g/mol. The minimum absolute atomic E-state index is 0. The molecule has 1 aromatic rings. The van der Waals surface area contributed by atoms with Crippen LogP contribution in [0, 0.1) is 10.5 Å². The molecule has 7 heteroatoms. The predicted molar refractivity (Wildman–Crippen MR) is 66.5 cm³/mol. The Morgan fingerprint density at radius 3 is 1.94 bits per heavy atom. The third-order valence-corrected chi connectivity index (χ3v) is 0.927. The number of halogens is 1. The zero-order valence-electron chi connectivity index (χ0n) is 8.91. The first-order chi connectivity index (χ1) is 7.16. The standard InChI is InChI=1S/C7H6O2.C2H6OS.ClH.HNO/c8-6-9-7-4-2-1-3-5-7;1-4(2)3;;1-2/h1-6H;1-2H3;1H;1H. The molecule has 0 radical (unpaired) electrons. The van der Waals surface area contributed by atoms with Crippen molar-refractivity contribution in [2.24, 2.45) is 0 Å². The quantitative estimate of drug-likeness (QED) is 0.504. The lowest BCUT2D eigenvalue weighted by Crippen LogP contribution is -1.86. The van der Waals surface area contributed by atoms with Gasteiger partial charge in [0.2, 0.25) is 0 Å². The number of rotatable bonds is 2. The van der Waals surface area contributed by atoms with Crippen molar-refractivity contribution in [1.82, 2.24) is 0 Å². The minimum atomic E-state index is -0.611. The van der Waals surface area contributed by atoms with Crippen molar-refractivity contribution in [1.29, 1.82) is 5.59 Å². The van der Waals surface area contributed by atoms with Crippen molar-refractivity contribution >= 4 is 30.1 Å². The third kappa shape index (κ3) is 18.6. The van der Waals surface area contributed by atoms with Crippen LogP contribution in [0.3, 0.4) is 0 Å². The molecule has 1 aromatic carbocycles. The van der Waals surface area contributed by atoms with Crippen LogP contribution >= 0.6 is 12.4 Å². The number of para-hydroxylation sites is 1. The molecule has 0 saturated heterocycles. The second-order valence-electron chi connectivity index (χ2n) is 2.27. The highest BCUT2D eigenvalue weighted by Gasteiger charge is 1.84. The highest BCUT2D eigenvalue weighted by atomic mass is 35.5. The van der Waals surface area contributed by atoms with Crippen LogP contribution in [-0.4, -0.2) is 23.5 Å². The molecule has 0 fully saturated rings. The molecule has 16 heavy (non-hydrogen) atoms. The number of carbonyl (C=O) groups is 1. The smallest absolute Gasteiger partial charge is 0.298 e. The summed E-state index contributed by atoms with van der Waals surface area (Å²) < 4.78 is 14.1. The number of hydrogen-bond acceptors (Lipinski definition) is 5. The molecule has 0 unspecified atom stereocenters. The maximum absolute atomic E-state index is 9.75. The molecule has 0 aliphatic carbocycles. The SMILES string of the molecule is C[S+](C)[O-].Cl.N=O.O=COc1ccccc1. The summed E-state index contributed by atoms with van der Waals surface area (Å²) in [5, 5.41) is 0. The maximum atomic E-state index is 9.75. The van der Waals surface area contributed by atoms with Gasteiger partial charge in [-0.05, 0) is 12.1 Å². The van der Waals surface area contributed by atoms with Gasteiger partial charge in [-0.2, -0.15) is 4.91 Å². The fraction of sp³-hybridized carbons (Fsp3) is 0.222. The number of ether oxygens (including phenoxy) is 1. The summed E-state index contributed by atoms with van der Waals surface area (Å²) in [7, 11) is 0. The Hall–Kier alpha value is -1.11. The van der Waals surface area contributed by atoms with E-state index in [0.29, 0.717) is 12.2 Å². The van der Waals surface area contributed by atoms with Crippen LogP contribution in [0.25, 0.3) is 0 Å². The van der Waals surface area contributed by atoms with Crippen molar-refractivity contribution < 1.29 is 14.1 Å². The molecule has 0 bridgehead atoms. The van der Waals surface area contributed by atoms with Gasteiger partial charge in [-0.25, -0.2) is 0 Å². The number of hydrogen-bond donors (Lipinski definition) is 1. The molecular formula is C9H14ClNO4S. The molecule has 0 atom stereocenters. The van der Waals surface area contributed by atoms with E-state index >= 15 is 0 Å². The van der Waals surface area contributed by atoms with Crippen LogP contribution in [0.4, 0.5) is 0 Å². The molecule has 0 aliphatic rings. The van der Waals surface area contributed by atoms with Gasteiger partial charge in [-0.1, -0.05) is 35.0 Å². The molecule has 0 aromatic heterocycles. The van der Waals surface area contributed by atoms with E-state index in [1.165, 1.54) is 0 Å². The fourth-order valence-electron chi connectivity index (χ4n) is 0.555. The Labute approximate surface area is 104 Å². The van der Waals surface area contributed by atoms with Crippen molar-refractivity contribution in [2.45, 2.75) is 0 Å². The molecule has 1 N–H and O–H groups in total. The first kappa shape index (κ1) is 20.3. The predicted octanol–water partition coefficient (Wildman–Crippen LogP) is 1.97. The van der Waals surface area contributed by atoms with E-state index in [1.54, 1.807) is 36.8 Å². The molecule has 1 rings (SSSR count). The highest BCUT2D eigenvalue weighted by molar-refractivity contribution is 7.89. The average molecular weight is 268 g/mol. The first-order valence-electron chi connectivity index (χ1n) is 3.77. The average Bonchev–Trinajstić information content (AvgIpc) is 2.22. The maximum Gasteiger partial charge on any atom is 0.298 e. The molecule has 0 spiro atoms. The normalized spacial score (nSPS) is 7.25. The number of benzene rings is 1. The Bertz CT molecular complexity index is 246. The minimum Gasteiger partial charge on any atom is -0.617 e. The number of nitrogens with one attached hydrogen (secondary N) is 1. The van der Waals surface area contributed by atoms with Crippen molar-refractivity contribution in [3.63, 3.8) is 0 Å². The lowest BCUT2D eigenvalue weighted by atomic mass is 10.3. The van der Waals surface area contributed by atoms with Gasteiger partial charge in [0.15, 0.2) is 0 Å². The van der Waals surface area contributed by atoms with Gasteiger partial charge in [-0.3, -0.25) is 4.79 Å². The summed E-state index contributed by atoms with van der Waals surface area (Å²) in [6, 6.07) is 8.90. The molecule has 0 amide bonds. The Morgan fingerprint density at radius 2 is 1.62 bits per heavy atom. The first-order valence-corrected chi connectivity index (χ1v) is 5.74. The monoisotopic (exact) mass is 267 g/mol. The van der Waals surface area contributed by atoms with E-state index in [1.807, 2.05) is 6.07 Å². The second kappa shape index (κ2) is 16.3. The van der Waals surface area contributed by atoms with Gasteiger partial charge in [0.1, 0.15) is 5.75 Å². The van der Waals surface area contributed by atoms with E-state index in [0.717, 1.165) is 0 Å². The van der Waals surface area contributed by atoms with Gasteiger partial charge in [-0.15, -0.1) is 12.4 Å². The molecule has 0 saturated carbocycles. The summed E-state index contributed by atoms with van der Waals surface area (Å²) in [5.74, 6) is 0.576. The van der Waals surface area contributed by atoms with E-state index in [2.05, 4.69) is 10.3 Å². The highest BCUT2D eigenvalue weighted by Crippen LogP contribution is 2.05. The van der Waals surface area contributed by atoms with E-state index in [-0.39, 0.29) is 12.4 Å². The van der Waals surface area contributed by atoms with E-state index in [4.69, 9.17) is 4.91 Å². The van der Waals surface area contributed by atoms with Crippen molar-refractivity contribution in [3.8, 4) is 5.75 Å². The zero-order valence-corrected chi connectivity index (χ0v) is 10.5. The lowest BCUT2D eigenvalue weighted by molar-refractivity contribution is -0.120. The van der Waals surface area contributed by atoms with Crippen molar-refractivity contribution in [3.05, 3.63) is 35.2 Å².